The van der Waals surface area contributed by atoms with E-state index in [2.05, 4.69) is 16.4 Å². The van der Waals surface area contributed by atoms with Gasteiger partial charge >= 0.3 is 0 Å². The summed E-state index contributed by atoms with van der Waals surface area (Å²) in [4.78, 5) is 31.8. The molecular weight excluding hydrogens is 460 g/mol. The summed E-state index contributed by atoms with van der Waals surface area (Å²) in [5.41, 5.74) is 1.61. The lowest BCUT2D eigenvalue weighted by atomic mass is 10.1. The second-order valence-corrected chi connectivity index (χ2v) is 11.5. The average molecular weight is 485 g/mol. The van der Waals surface area contributed by atoms with Crippen molar-refractivity contribution >= 4 is 39.1 Å². The highest BCUT2D eigenvalue weighted by Gasteiger charge is 2.42. The van der Waals surface area contributed by atoms with Crippen molar-refractivity contribution in [1.82, 2.24) is 9.88 Å². The van der Waals surface area contributed by atoms with Crippen molar-refractivity contribution in [3.8, 4) is 6.07 Å². The van der Waals surface area contributed by atoms with E-state index >= 15 is 0 Å². The van der Waals surface area contributed by atoms with Gasteiger partial charge < -0.3 is 10.2 Å². The zero-order valence-corrected chi connectivity index (χ0v) is 19.8. The summed E-state index contributed by atoms with van der Waals surface area (Å²) in [6, 6.07) is 12.4. The Morgan fingerprint density at radius 3 is 2.55 bits per heavy atom. The first-order valence-electron chi connectivity index (χ1n) is 10.7. The van der Waals surface area contributed by atoms with E-state index in [0.717, 1.165) is 24.6 Å². The maximum absolute atomic E-state index is 13.0. The number of nitrogens with zero attached hydrogens (tertiary/aromatic N) is 3. The van der Waals surface area contributed by atoms with Crippen LogP contribution in [0.15, 0.2) is 41.4 Å². The number of hydrogen-bond acceptors (Lipinski definition) is 7. The van der Waals surface area contributed by atoms with Crippen LogP contribution in [0.3, 0.4) is 0 Å². The number of carbonyl (C=O) groups is 2. The minimum Gasteiger partial charge on any atom is -0.335 e. The van der Waals surface area contributed by atoms with Crippen molar-refractivity contribution in [2.24, 2.45) is 0 Å². The van der Waals surface area contributed by atoms with Gasteiger partial charge in [-0.3, -0.25) is 9.59 Å². The molecule has 1 aromatic heterocycles. The molecule has 0 radical (unpaired) electrons. The number of nitrogens with one attached hydrogen (secondary N) is 1. The molecule has 2 amide bonds. The number of sulfone groups is 1. The molecule has 0 unspecified atom stereocenters. The fraction of sp³-hybridized carbons (Fsp3) is 0.391. The molecule has 10 heteroatoms. The van der Waals surface area contributed by atoms with Gasteiger partial charge in [-0.25, -0.2) is 13.4 Å². The topological polar surface area (TPSA) is 120 Å². The second kappa shape index (κ2) is 9.53. The lowest BCUT2D eigenvalue weighted by molar-refractivity contribution is -0.130. The maximum atomic E-state index is 13.0. The van der Waals surface area contributed by atoms with Crippen molar-refractivity contribution in [1.29, 1.82) is 5.26 Å². The fourth-order valence-corrected chi connectivity index (χ4v) is 6.56. The van der Waals surface area contributed by atoms with Gasteiger partial charge in [0, 0.05) is 17.8 Å². The van der Waals surface area contributed by atoms with Gasteiger partial charge in [0.05, 0.1) is 34.1 Å². The maximum Gasteiger partial charge on any atom is 0.257 e. The lowest BCUT2D eigenvalue weighted by Gasteiger charge is -2.28. The summed E-state index contributed by atoms with van der Waals surface area (Å²) in [5, 5.41) is 12.8. The highest BCUT2D eigenvalue weighted by molar-refractivity contribution is 8.00. The smallest absolute Gasteiger partial charge is 0.257 e. The SMILES string of the molecule is Cc1nc(SCC(=O)N(C2CC2)[C@H]2CCS(=O)(=O)C2)c(C#N)cc1C(=O)Nc1ccccc1. The Morgan fingerprint density at radius 1 is 1.21 bits per heavy atom. The molecule has 1 aliphatic carbocycles. The van der Waals surface area contributed by atoms with Crippen LogP contribution in [0.25, 0.3) is 0 Å². The molecule has 1 saturated heterocycles. The first kappa shape index (κ1) is 23.3. The Balaban J connectivity index is 1.46. The van der Waals surface area contributed by atoms with Crippen LogP contribution in [0, 0.1) is 18.3 Å². The second-order valence-electron chi connectivity index (χ2n) is 8.28. The number of aromatic nitrogens is 1. The van der Waals surface area contributed by atoms with E-state index in [9.17, 15) is 23.3 Å². The monoisotopic (exact) mass is 484 g/mol. The number of amides is 2. The number of carbonyl (C=O) groups excluding carboxylic acids is 2. The Kier molecular flexibility index (Phi) is 6.72. The molecule has 2 heterocycles. The molecule has 172 valence electrons. The van der Waals surface area contributed by atoms with Gasteiger partial charge in [0.1, 0.15) is 11.1 Å². The average Bonchev–Trinajstić information content (AvgIpc) is 3.55. The number of anilines is 1. The summed E-state index contributed by atoms with van der Waals surface area (Å²) in [6.45, 7) is 1.69. The molecule has 33 heavy (non-hydrogen) atoms. The van der Waals surface area contributed by atoms with Crippen LogP contribution < -0.4 is 5.32 Å². The molecule has 2 aliphatic rings. The third-order valence-electron chi connectivity index (χ3n) is 5.74. The molecule has 1 atom stereocenters. The molecule has 1 saturated carbocycles. The third kappa shape index (κ3) is 5.54. The number of aryl methyl sites for hydroxylation is 1. The summed E-state index contributed by atoms with van der Waals surface area (Å²) < 4.78 is 23.8. The van der Waals surface area contributed by atoms with Gasteiger partial charge in [-0.1, -0.05) is 30.0 Å². The molecular formula is C23H24N4O4S2. The molecule has 1 aromatic carbocycles. The minimum atomic E-state index is -3.09. The number of hydrogen-bond donors (Lipinski definition) is 1. The van der Waals surface area contributed by atoms with Crippen molar-refractivity contribution in [3.05, 3.63) is 53.2 Å². The number of pyridine rings is 1. The Labute approximate surface area is 197 Å². The van der Waals surface area contributed by atoms with E-state index < -0.39 is 9.84 Å². The van der Waals surface area contributed by atoms with Crippen LogP contribution in [0.4, 0.5) is 5.69 Å². The summed E-state index contributed by atoms with van der Waals surface area (Å²) >= 11 is 1.14. The zero-order chi connectivity index (χ0) is 23.6. The van der Waals surface area contributed by atoms with Crippen LogP contribution in [0.2, 0.25) is 0 Å². The quantitative estimate of drug-likeness (QED) is 0.600. The number of rotatable bonds is 7. The van der Waals surface area contributed by atoms with Gasteiger partial charge in [-0.15, -0.1) is 0 Å². The van der Waals surface area contributed by atoms with E-state index in [1.807, 2.05) is 18.2 Å². The van der Waals surface area contributed by atoms with Gasteiger partial charge in [0.25, 0.3) is 5.91 Å². The Morgan fingerprint density at radius 2 is 1.94 bits per heavy atom. The summed E-state index contributed by atoms with van der Waals surface area (Å²) in [5.74, 6) is -0.306. The number of benzene rings is 1. The first-order valence-corrected chi connectivity index (χ1v) is 13.5. The van der Waals surface area contributed by atoms with Gasteiger partial charge in [-0.05, 0) is 44.4 Å². The molecule has 1 aliphatic heterocycles. The third-order valence-corrected chi connectivity index (χ3v) is 8.46. The highest BCUT2D eigenvalue weighted by atomic mass is 32.2. The Hall–Kier alpha value is -2.90. The summed E-state index contributed by atoms with van der Waals surface area (Å²) in [7, 11) is -3.09. The predicted molar refractivity (Wildman–Crippen MR) is 126 cm³/mol. The Bertz CT molecular complexity index is 1220. The van der Waals surface area contributed by atoms with Crippen molar-refractivity contribution in [3.63, 3.8) is 0 Å². The number of thioether (sulfide) groups is 1. The van der Waals surface area contributed by atoms with E-state index in [4.69, 9.17) is 0 Å². The van der Waals surface area contributed by atoms with Crippen molar-refractivity contribution < 1.29 is 18.0 Å². The highest BCUT2D eigenvalue weighted by Crippen LogP contribution is 2.33. The summed E-state index contributed by atoms with van der Waals surface area (Å²) in [6.07, 6.45) is 2.25. The van der Waals surface area contributed by atoms with Crippen LogP contribution in [0.5, 0.6) is 0 Å². The van der Waals surface area contributed by atoms with E-state index in [-0.39, 0.29) is 46.7 Å². The van der Waals surface area contributed by atoms with Crippen molar-refractivity contribution in [2.75, 3.05) is 22.6 Å². The number of para-hydroxylation sites is 1. The van der Waals surface area contributed by atoms with Gasteiger partial charge in [0.2, 0.25) is 5.91 Å². The number of nitriles is 1. The molecule has 8 nitrogen and oxygen atoms in total. The van der Waals surface area contributed by atoms with Crippen LogP contribution in [-0.2, 0) is 14.6 Å². The fourth-order valence-electron chi connectivity index (χ4n) is 3.98. The van der Waals surface area contributed by atoms with E-state index in [1.165, 1.54) is 6.07 Å². The van der Waals surface area contributed by atoms with Gasteiger partial charge in [-0.2, -0.15) is 5.26 Å². The molecule has 2 aromatic rings. The van der Waals surface area contributed by atoms with Crippen molar-refractivity contribution in [2.45, 2.75) is 43.3 Å². The van der Waals surface area contributed by atoms with Crippen LogP contribution in [0.1, 0.15) is 40.9 Å². The molecule has 0 spiro atoms. The molecule has 2 fully saturated rings. The lowest BCUT2D eigenvalue weighted by Crippen LogP contribution is -2.43. The normalized spacial score (nSPS) is 19.0. The minimum absolute atomic E-state index is 0.0198. The molecule has 4 rings (SSSR count). The zero-order valence-electron chi connectivity index (χ0n) is 18.2. The first-order chi connectivity index (χ1) is 15.8. The standard InChI is InChI=1S/C23H24N4O4S2/c1-15-20(22(29)26-17-5-3-2-4-6-17)11-16(12-24)23(25-15)32-13-21(28)27(18-7-8-18)19-9-10-33(30,31)14-19/h2-6,11,18-19H,7-10,13-14H2,1H3,(H,26,29)/t19-/m0/s1. The van der Waals surface area contributed by atoms with E-state index in [1.54, 1.807) is 24.0 Å². The van der Waals surface area contributed by atoms with E-state index in [0.29, 0.717) is 28.4 Å². The molecule has 0 bridgehead atoms. The predicted octanol–water partition coefficient (Wildman–Crippen LogP) is 2.78. The van der Waals surface area contributed by atoms with Crippen LogP contribution in [-0.4, -0.2) is 59.5 Å². The largest absolute Gasteiger partial charge is 0.335 e. The van der Waals surface area contributed by atoms with Gasteiger partial charge in [0.15, 0.2) is 9.84 Å². The van der Waals surface area contributed by atoms with Crippen LogP contribution >= 0.6 is 11.8 Å². The molecule has 1 N–H and O–H groups in total.